The minimum atomic E-state index is 0.560. The van der Waals surface area contributed by atoms with Crippen molar-refractivity contribution in [3.63, 3.8) is 0 Å². The number of hydrogen-bond acceptors (Lipinski definition) is 3. The fourth-order valence-electron chi connectivity index (χ4n) is 0.984. The largest absolute Gasteiger partial charge is 0.357 e. The lowest BCUT2D eigenvalue weighted by Gasteiger charge is -2.04. The van der Waals surface area contributed by atoms with E-state index in [1.165, 1.54) is 0 Å². The second-order valence-corrected chi connectivity index (χ2v) is 2.34. The van der Waals surface area contributed by atoms with Gasteiger partial charge in [0.25, 0.3) is 0 Å². The zero-order chi connectivity index (χ0) is 8.10. The Morgan fingerprint density at radius 3 is 3.09 bits per heavy atom. The van der Waals surface area contributed by atoms with Crippen molar-refractivity contribution in [2.75, 3.05) is 0 Å². The Morgan fingerprint density at radius 2 is 2.45 bits per heavy atom. The van der Waals surface area contributed by atoms with Gasteiger partial charge in [0.05, 0.1) is 5.69 Å². The molecular formula is C7H12BN3. The Morgan fingerprint density at radius 1 is 1.64 bits per heavy atom. The average Bonchev–Trinajstić information content (AvgIpc) is 2.06. The quantitative estimate of drug-likeness (QED) is 0.552. The summed E-state index contributed by atoms with van der Waals surface area (Å²) in [5, 5.41) is 3.04. The molecule has 11 heavy (non-hydrogen) atoms. The van der Waals surface area contributed by atoms with Crippen LogP contribution in [0.5, 0.6) is 0 Å². The highest BCUT2D eigenvalue weighted by Crippen LogP contribution is 2.02. The third-order valence-electron chi connectivity index (χ3n) is 1.55. The zero-order valence-electron chi connectivity index (χ0n) is 6.67. The number of pyridine rings is 1. The standard InChI is InChI=1S/C7H12BN3/c8-11-5-7-6(4-9)2-1-3-10-7/h1-3,11H,4-5,8-9H2. The van der Waals surface area contributed by atoms with Gasteiger partial charge in [-0.15, -0.1) is 0 Å². The molecule has 1 aromatic rings. The van der Waals surface area contributed by atoms with Crippen molar-refractivity contribution in [2.24, 2.45) is 5.73 Å². The van der Waals surface area contributed by atoms with E-state index < -0.39 is 0 Å². The number of nitrogens with zero attached hydrogens (tertiary/aromatic N) is 1. The van der Waals surface area contributed by atoms with Gasteiger partial charge in [0.2, 0.25) is 0 Å². The van der Waals surface area contributed by atoms with Crippen molar-refractivity contribution >= 4 is 7.98 Å². The molecule has 0 unspecified atom stereocenters. The van der Waals surface area contributed by atoms with Crippen molar-refractivity contribution in [3.05, 3.63) is 29.6 Å². The zero-order valence-corrected chi connectivity index (χ0v) is 6.67. The third-order valence-corrected chi connectivity index (χ3v) is 1.55. The van der Waals surface area contributed by atoms with Crippen molar-refractivity contribution in [2.45, 2.75) is 13.1 Å². The molecule has 1 heterocycles. The SMILES string of the molecule is BNCc1ncccc1CN. The van der Waals surface area contributed by atoms with Gasteiger partial charge in [-0.05, 0) is 11.6 Å². The summed E-state index contributed by atoms with van der Waals surface area (Å²) in [6.45, 7) is 1.35. The van der Waals surface area contributed by atoms with Crippen molar-refractivity contribution in [1.29, 1.82) is 0 Å². The third kappa shape index (κ3) is 2.03. The average molecular weight is 149 g/mol. The summed E-state index contributed by atoms with van der Waals surface area (Å²) in [6.07, 6.45) is 1.78. The van der Waals surface area contributed by atoms with Gasteiger partial charge in [0, 0.05) is 19.3 Å². The van der Waals surface area contributed by atoms with Gasteiger partial charge in [-0.3, -0.25) is 4.98 Å². The highest BCUT2D eigenvalue weighted by atomic mass is 14.8. The molecule has 0 saturated carbocycles. The highest BCUT2D eigenvalue weighted by Gasteiger charge is 1.97. The predicted molar refractivity (Wildman–Crippen MR) is 47.5 cm³/mol. The molecule has 3 N–H and O–H groups in total. The van der Waals surface area contributed by atoms with Gasteiger partial charge < -0.3 is 11.0 Å². The van der Waals surface area contributed by atoms with E-state index in [2.05, 4.69) is 10.2 Å². The molecule has 1 aromatic heterocycles. The number of hydrogen-bond donors (Lipinski definition) is 2. The van der Waals surface area contributed by atoms with Gasteiger partial charge in [0.15, 0.2) is 7.98 Å². The van der Waals surface area contributed by atoms with Crippen LogP contribution in [0.25, 0.3) is 0 Å². The Hall–Kier alpha value is -0.865. The summed E-state index contributed by atoms with van der Waals surface area (Å²) in [5.74, 6) is 0. The summed E-state index contributed by atoms with van der Waals surface area (Å²) in [4.78, 5) is 4.20. The minimum Gasteiger partial charge on any atom is -0.357 e. The Balaban J connectivity index is 2.83. The summed E-state index contributed by atoms with van der Waals surface area (Å²) in [6, 6.07) is 3.90. The number of nitrogens with two attached hydrogens (primary N) is 1. The van der Waals surface area contributed by atoms with E-state index in [0.717, 1.165) is 17.8 Å². The van der Waals surface area contributed by atoms with Crippen LogP contribution in [-0.4, -0.2) is 13.0 Å². The van der Waals surface area contributed by atoms with Crippen LogP contribution in [0.1, 0.15) is 11.3 Å². The Bertz CT molecular complexity index is 227. The van der Waals surface area contributed by atoms with Gasteiger partial charge in [-0.1, -0.05) is 6.07 Å². The lowest BCUT2D eigenvalue weighted by Crippen LogP contribution is -2.12. The van der Waals surface area contributed by atoms with Crippen LogP contribution in [0.15, 0.2) is 18.3 Å². The molecule has 0 bridgehead atoms. The maximum Gasteiger partial charge on any atom is 0.182 e. The molecule has 3 nitrogen and oxygen atoms in total. The van der Waals surface area contributed by atoms with Gasteiger partial charge in [-0.25, -0.2) is 0 Å². The smallest absolute Gasteiger partial charge is 0.182 e. The fraction of sp³-hybridized carbons (Fsp3) is 0.286. The molecule has 0 aliphatic rings. The van der Waals surface area contributed by atoms with Crippen molar-refractivity contribution in [3.8, 4) is 0 Å². The second kappa shape index (κ2) is 4.11. The van der Waals surface area contributed by atoms with Crippen molar-refractivity contribution < 1.29 is 0 Å². The predicted octanol–water partition coefficient (Wildman–Crippen LogP) is -0.822. The van der Waals surface area contributed by atoms with E-state index in [-0.39, 0.29) is 0 Å². The van der Waals surface area contributed by atoms with Crippen LogP contribution in [-0.2, 0) is 13.1 Å². The van der Waals surface area contributed by atoms with Gasteiger partial charge in [0.1, 0.15) is 0 Å². The molecule has 0 fully saturated rings. The molecule has 0 atom stereocenters. The lowest BCUT2D eigenvalue weighted by atomic mass is 10.2. The second-order valence-electron chi connectivity index (χ2n) is 2.34. The molecule has 4 heteroatoms. The topological polar surface area (TPSA) is 50.9 Å². The summed E-state index contributed by atoms with van der Waals surface area (Å²) < 4.78 is 0. The summed E-state index contributed by atoms with van der Waals surface area (Å²) >= 11 is 0. The molecule has 0 spiro atoms. The van der Waals surface area contributed by atoms with E-state index >= 15 is 0 Å². The Kier molecular flexibility index (Phi) is 3.07. The van der Waals surface area contributed by atoms with Crippen molar-refractivity contribution in [1.82, 2.24) is 10.2 Å². The summed E-state index contributed by atoms with van der Waals surface area (Å²) in [7, 11) is 1.90. The van der Waals surface area contributed by atoms with E-state index in [1.807, 2.05) is 20.1 Å². The first-order chi connectivity index (χ1) is 5.38. The first-order valence-electron chi connectivity index (χ1n) is 3.66. The molecule has 58 valence electrons. The first kappa shape index (κ1) is 8.23. The molecule has 1 rings (SSSR count). The molecular weight excluding hydrogens is 137 g/mol. The fourth-order valence-corrected chi connectivity index (χ4v) is 0.984. The van der Waals surface area contributed by atoms with Crippen LogP contribution < -0.4 is 11.0 Å². The van der Waals surface area contributed by atoms with Crippen LogP contribution in [0.4, 0.5) is 0 Å². The summed E-state index contributed by atoms with van der Waals surface area (Å²) in [5.41, 5.74) is 7.67. The molecule has 0 radical (unpaired) electrons. The van der Waals surface area contributed by atoms with Gasteiger partial charge in [-0.2, -0.15) is 0 Å². The van der Waals surface area contributed by atoms with E-state index in [0.29, 0.717) is 6.54 Å². The lowest BCUT2D eigenvalue weighted by molar-refractivity contribution is 0.869. The molecule has 0 aromatic carbocycles. The Labute approximate surface area is 67.4 Å². The number of nitrogens with one attached hydrogen (secondary N) is 1. The molecule has 0 amide bonds. The maximum absolute atomic E-state index is 5.51. The first-order valence-corrected chi connectivity index (χ1v) is 3.66. The van der Waals surface area contributed by atoms with E-state index in [9.17, 15) is 0 Å². The van der Waals surface area contributed by atoms with Crippen LogP contribution >= 0.6 is 0 Å². The molecule has 0 aliphatic carbocycles. The number of aromatic nitrogens is 1. The number of rotatable bonds is 3. The van der Waals surface area contributed by atoms with Crippen LogP contribution in [0, 0.1) is 0 Å². The normalized spacial score (nSPS) is 9.91. The maximum atomic E-state index is 5.51. The van der Waals surface area contributed by atoms with Gasteiger partial charge >= 0.3 is 0 Å². The highest BCUT2D eigenvalue weighted by molar-refractivity contribution is 6.04. The van der Waals surface area contributed by atoms with Crippen LogP contribution in [0.3, 0.4) is 0 Å². The van der Waals surface area contributed by atoms with Crippen LogP contribution in [0.2, 0.25) is 0 Å². The molecule has 0 saturated heterocycles. The van der Waals surface area contributed by atoms with E-state index in [1.54, 1.807) is 6.20 Å². The van der Waals surface area contributed by atoms with E-state index in [4.69, 9.17) is 5.73 Å². The molecule has 0 aliphatic heterocycles. The minimum absolute atomic E-state index is 0.560. The monoisotopic (exact) mass is 149 g/mol.